The fourth-order valence-electron chi connectivity index (χ4n) is 2.59. The molecule has 1 heterocycles. The number of amides is 2. The number of benzene rings is 1. The minimum Gasteiger partial charge on any atom is -0.339 e. The zero-order valence-electron chi connectivity index (χ0n) is 13.0. The van der Waals surface area contributed by atoms with Crippen molar-refractivity contribution in [2.75, 3.05) is 26.2 Å². The molecule has 114 valence electrons. The zero-order valence-corrected chi connectivity index (χ0v) is 13.0. The van der Waals surface area contributed by atoms with Gasteiger partial charge in [0.25, 0.3) is 0 Å². The van der Waals surface area contributed by atoms with E-state index in [1.54, 1.807) is 0 Å². The smallest absolute Gasteiger partial charge is 0.223 e. The quantitative estimate of drug-likeness (QED) is 0.850. The highest BCUT2D eigenvalue weighted by Gasteiger charge is 2.22. The second kappa shape index (κ2) is 7.25. The number of rotatable bonds is 4. The van der Waals surface area contributed by atoms with Crippen molar-refractivity contribution in [3.8, 4) is 0 Å². The maximum absolute atomic E-state index is 12.2. The van der Waals surface area contributed by atoms with Gasteiger partial charge in [-0.15, -0.1) is 0 Å². The molecule has 0 atom stereocenters. The van der Waals surface area contributed by atoms with Crippen molar-refractivity contribution in [1.82, 2.24) is 9.80 Å². The lowest BCUT2D eigenvalue weighted by molar-refractivity contribution is -0.139. The van der Waals surface area contributed by atoms with Crippen LogP contribution in [0, 0.1) is 6.92 Å². The lowest BCUT2D eigenvalue weighted by Gasteiger charge is -2.34. The predicted octanol–water partition coefficient (Wildman–Crippen LogP) is 2.01. The lowest BCUT2D eigenvalue weighted by Crippen LogP contribution is -2.50. The Hall–Kier alpha value is -1.84. The van der Waals surface area contributed by atoms with E-state index in [0.717, 1.165) is 6.42 Å². The Morgan fingerprint density at radius 2 is 1.48 bits per heavy atom. The molecule has 4 nitrogen and oxygen atoms in total. The highest BCUT2D eigenvalue weighted by atomic mass is 16.2. The molecule has 0 unspecified atom stereocenters. The Bertz CT molecular complexity index is 488. The molecule has 1 fully saturated rings. The summed E-state index contributed by atoms with van der Waals surface area (Å²) < 4.78 is 0. The zero-order chi connectivity index (χ0) is 15.2. The molecule has 0 aromatic heterocycles. The average molecular weight is 288 g/mol. The molecule has 0 radical (unpaired) electrons. The van der Waals surface area contributed by atoms with Gasteiger partial charge in [-0.05, 0) is 18.9 Å². The summed E-state index contributed by atoms with van der Waals surface area (Å²) in [6, 6.07) is 8.32. The Kier molecular flexibility index (Phi) is 5.37. The summed E-state index contributed by atoms with van der Waals surface area (Å²) in [7, 11) is 0. The van der Waals surface area contributed by atoms with Crippen LogP contribution in [0.25, 0.3) is 0 Å². The van der Waals surface area contributed by atoms with Crippen LogP contribution in [0.3, 0.4) is 0 Å². The third-order valence-corrected chi connectivity index (χ3v) is 4.04. The van der Waals surface area contributed by atoms with Crippen molar-refractivity contribution >= 4 is 11.8 Å². The number of aryl methyl sites for hydroxylation is 2. The highest BCUT2D eigenvalue weighted by Crippen LogP contribution is 2.09. The highest BCUT2D eigenvalue weighted by molar-refractivity contribution is 5.78. The minimum atomic E-state index is 0.182. The predicted molar refractivity (Wildman–Crippen MR) is 83.0 cm³/mol. The minimum absolute atomic E-state index is 0.182. The number of carbonyl (C=O) groups is 2. The maximum Gasteiger partial charge on any atom is 0.223 e. The molecule has 0 spiro atoms. The third kappa shape index (κ3) is 4.31. The van der Waals surface area contributed by atoms with Crippen LogP contribution < -0.4 is 0 Å². The second-order valence-electron chi connectivity index (χ2n) is 5.60. The number of carbonyl (C=O) groups excluding carboxylic acids is 2. The first-order valence-electron chi connectivity index (χ1n) is 7.71. The lowest BCUT2D eigenvalue weighted by atomic mass is 10.1. The average Bonchev–Trinajstić information content (AvgIpc) is 2.53. The van der Waals surface area contributed by atoms with E-state index in [0.29, 0.717) is 39.0 Å². The van der Waals surface area contributed by atoms with Crippen molar-refractivity contribution < 1.29 is 9.59 Å². The summed E-state index contributed by atoms with van der Waals surface area (Å²) in [6.45, 7) is 6.61. The van der Waals surface area contributed by atoms with Crippen molar-refractivity contribution in [3.05, 3.63) is 35.4 Å². The normalized spacial score (nSPS) is 15.1. The standard InChI is InChI=1S/C17H24N2O2/c1-3-16(20)18-10-12-19(13-11-18)17(21)9-8-15-6-4-14(2)5-7-15/h4-7H,3,8-13H2,1-2H3. The van der Waals surface area contributed by atoms with Gasteiger partial charge in [0.05, 0.1) is 0 Å². The van der Waals surface area contributed by atoms with Crippen LogP contribution in [0.4, 0.5) is 0 Å². The molecule has 1 aliphatic heterocycles. The summed E-state index contributed by atoms with van der Waals surface area (Å²) in [6.07, 6.45) is 1.87. The fraction of sp³-hybridized carbons (Fsp3) is 0.529. The van der Waals surface area contributed by atoms with Crippen LogP contribution in [0.2, 0.25) is 0 Å². The van der Waals surface area contributed by atoms with E-state index in [2.05, 4.69) is 31.2 Å². The molecule has 21 heavy (non-hydrogen) atoms. The van der Waals surface area contributed by atoms with Gasteiger partial charge in [-0.3, -0.25) is 9.59 Å². The van der Waals surface area contributed by atoms with E-state index in [9.17, 15) is 9.59 Å². The molecule has 2 amide bonds. The van der Waals surface area contributed by atoms with Gasteiger partial charge >= 0.3 is 0 Å². The molecule has 1 aromatic rings. The van der Waals surface area contributed by atoms with Gasteiger partial charge in [0.2, 0.25) is 11.8 Å². The topological polar surface area (TPSA) is 40.6 Å². The van der Waals surface area contributed by atoms with Gasteiger partial charge in [-0.1, -0.05) is 36.8 Å². The first kappa shape index (κ1) is 15.5. The molecule has 0 N–H and O–H groups in total. The molecule has 1 saturated heterocycles. The Morgan fingerprint density at radius 3 is 2.00 bits per heavy atom. The maximum atomic E-state index is 12.2. The van der Waals surface area contributed by atoms with E-state index in [1.165, 1.54) is 11.1 Å². The van der Waals surface area contributed by atoms with E-state index >= 15 is 0 Å². The van der Waals surface area contributed by atoms with Crippen LogP contribution in [0.15, 0.2) is 24.3 Å². The monoisotopic (exact) mass is 288 g/mol. The third-order valence-electron chi connectivity index (χ3n) is 4.04. The molecule has 0 aliphatic carbocycles. The summed E-state index contributed by atoms with van der Waals surface area (Å²) >= 11 is 0. The number of hydrogen-bond acceptors (Lipinski definition) is 2. The Balaban J connectivity index is 1.77. The number of nitrogens with zero attached hydrogens (tertiary/aromatic N) is 2. The van der Waals surface area contributed by atoms with Gasteiger partial charge in [0.1, 0.15) is 0 Å². The SMILES string of the molecule is CCC(=O)N1CCN(C(=O)CCc2ccc(C)cc2)CC1. The van der Waals surface area contributed by atoms with Crippen LogP contribution in [0.1, 0.15) is 30.9 Å². The fourth-order valence-corrected chi connectivity index (χ4v) is 2.59. The van der Waals surface area contributed by atoms with Gasteiger partial charge in [-0.25, -0.2) is 0 Å². The summed E-state index contributed by atoms with van der Waals surface area (Å²) in [5.41, 5.74) is 2.44. The van der Waals surface area contributed by atoms with Crippen LogP contribution in [0.5, 0.6) is 0 Å². The summed E-state index contributed by atoms with van der Waals surface area (Å²) in [5, 5.41) is 0. The molecule has 4 heteroatoms. The second-order valence-corrected chi connectivity index (χ2v) is 5.60. The van der Waals surface area contributed by atoms with Crippen molar-refractivity contribution in [2.45, 2.75) is 33.1 Å². The Labute approximate surface area is 126 Å². The van der Waals surface area contributed by atoms with Gasteiger partial charge < -0.3 is 9.80 Å². The molecular weight excluding hydrogens is 264 g/mol. The van der Waals surface area contributed by atoms with E-state index in [-0.39, 0.29) is 11.8 Å². The van der Waals surface area contributed by atoms with E-state index in [4.69, 9.17) is 0 Å². The van der Waals surface area contributed by atoms with E-state index in [1.807, 2.05) is 16.7 Å². The molecule has 1 aromatic carbocycles. The first-order valence-corrected chi connectivity index (χ1v) is 7.71. The van der Waals surface area contributed by atoms with Gasteiger partial charge in [0, 0.05) is 39.0 Å². The van der Waals surface area contributed by atoms with Crippen molar-refractivity contribution in [2.24, 2.45) is 0 Å². The molecule has 0 saturated carbocycles. The molecule has 2 rings (SSSR count). The van der Waals surface area contributed by atoms with E-state index < -0.39 is 0 Å². The van der Waals surface area contributed by atoms with Crippen LogP contribution in [-0.4, -0.2) is 47.8 Å². The van der Waals surface area contributed by atoms with Crippen LogP contribution >= 0.6 is 0 Å². The first-order chi connectivity index (χ1) is 10.1. The number of piperazine rings is 1. The Morgan fingerprint density at radius 1 is 0.952 bits per heavy atom. The van der Waals surface area contributed by atoms with Crippen molar-refractivity contribution in [1.29, 1.82) is 0 Å². The molecular formula is C17H24N2O2. The van der Waals surface area contributed by atoms with Crippen LogP contribution in [-0.2, 0) is 16.0 Å². The van der Waals surface area contributed by atoms with Gasteiger partial charge in [0.15, 0.2) is 0 Å². The molecule has 0 bridgehead atoms. The van der Waals surface area contributed by atoms with Crippen molar-refractivity contribution in [3.63, 3.8) is 0 Å². The molecule has 1 aliphatic rings. The number of hydrogen-bond donors (Lipinski definition) is 0. The largest absolute Gasteiger partial charge is 0.339 e. The van der Waals surface area contributed by atoms with Gasteiger partial charge in [-0.2, -0.15) is 0 Å². The summed E-state index contributed by atoms with van der Waals surface area (Å²) in [5.74, 6) is 0.376. The summed E-state index contributed by atoms with van der Waals surface area (Å²) in [4.78, 5) is 27.5.